The Bertz CT molecular complexity index is 2940. The van der Waals surface area contributed by atoms with Gasteiger partial charge in [-0.05, 0) is 47.5 Å². The van der Waals surface area contributed by atoms with E-state index in [1.165, 1.54) is 24.3 Å². The molecule has 0 aliphatic rings. The summed E-state index contributed by atoms with van der Waals surface area (Å²) in [5.74, 6) is 0. The van der Waals surface area contributed by atoms with E-state index in [2.05, 4.69) is 0 Å². The summed E-state index contributed by atoms with van der Waals surface area (Å²) in [5, 5.41) is 25.6. The highest BCUT2D eigenvalue weighted by Crippen LogP contribution is 2.38. The van der Waals surface area contributed by atoms with E-state index in [-0.39, 0.29) is 11.4 Å². The standard InChI is InChI=1S/C44H28N6O6/c51-43-45(33-21-9-7-19-31(33)29-15-3-1-4-16-29)35-23-11-13-25-37(35)47(43)39-27-40(42(50(55)56)28-41(39)49(53)54)48-38-26-14-12-24-36(38)46(44(48)52)34-22-10-8-20-32(34)30-17-5-2-6-18-30/h1-28H. The molecule has 0 aliphatic heterocycles. The molecule has 0 bridgehead atoms. The highest BCUT2D eigenvalue weighted by molar-refractivity contribution is 5.87. The fourth-order valence-electron chi connectivity index (χ4n) is 7.49. The summed E-state index contributed by atoms with van der Waals surface area (Å²) in [4.78, 5) is 53.8. The van der Waals surface area contributed by atoms with Crippen LogP contribution in [-0.2, 0) is 0 Å². The molecule has 12 heteroatoms. The van der Waals surface area contributed by atoms with E-state index in [0.717, 1.165) is 28.3 Å². The molecule has 0 N–H and O–H groups in total. The number of nitro benzene ring substituents is 2. The Labute approximate surface area is 316 Å². The van der Waals surface area contributed by atoms with Crippen LogP contribution in [0.25, 0.3) is 67.1 Å². The molecule has 0 radical (unpaired) electrons. The summed E-state index contributed by atoms with van der Waals surface area (Å²) in [5.41, 5.74) is 2.59. The molecule has 0 amide bonds. The summed E-state index contributed by atoms with van der Waals surface area (Å²) >= 11 is 0. The Kier molecular flexibility index (Phi) is 8.05. The molecule has 9 rings (SSSR count). The van der Waals surface area contributed by atoms with Gasteiger partial charge < -0.3 is 0 Å². The van der Waals surface area contributed by atoms with Gasteiger partial charge in [0.05, 0.1) is 49.4 Å². The van der Waals surface area contributed by atoms with Crippen LogP contribution >= 0.6 is 0 Å². The number of benzene rings is 7. The van der Waals surface area contributed by atoms with Crippen molar-refractivity contribution in [3.8, 4) is 45.0 Å². The van der Waals surface area contributed by atoms with Crippen molar-refractivity contribution in [2.45, 2.75) is 0 Å². The smallest absolute Gasteiger partial charge is 0.260 e. The molecule has 0 saturated carbocycles. The summed E-state index contributed by atoms with van der Waals surface area (Å²) in [6.07, 6.45) is 0. The molecular formula is C44H28N6O6. The summed E-state index contributed by atoms with van der Waals surface area (Å²) in [6.45, 7) is 0. The minimum Gasteiger partial charge on any atom is -0.260 e. The van der Waals surface area contributed by atoms with Crippen LogP contribution in [0.4, 0.5) is 11.4 Å². The predicted octanol–water partition coefficient (Wildman–Crippen LogP) is 9.03. The van der Waals surface area contributed by atoms with E-state index < -0.39 is 32.6 Å². The summed E-state index contributed by atoms with van der Waals surface area (Å²) < 4.78 is 5.30. The van der Waals surface area contributed by atoms with Crippen molar-refractivity contribution >= 4 is 33.4 Å². The molecule has 270 valence electrons. The molecule has 0 unspecified atom stereocenters. The maximum Gasteiger partial charge on any atom is 0.338 e. The largest absolute Gasteiger partial charge is 0.338 e. The van der Waals surface area contributed by atoms with Gasteiger partial charge in [0, 0.05) is 17.2 Å². The normalized spacial score (nSPS) is 11.3. The molecule has 2 aromatic heterocycles. The molecule has 56 heavy (non-hydrogen) atoms. The Morgan fingerprint density at radius 1 is 0.357 bits per heavy atom. The lowest BCUT2D eigenvalue weighted by atomic mass is 10.0. The number of fused-ring (bicyclic) bond motifs is 2. The molecule has 9 aromatic rings. The quantitative estimate of drug-likeness (QED) is 0.113. The van der Waals surface area contributed by atoms with Crippen LogP contribution in [0.1, 0.15) is 0 Å². The van der Waals surface area contributed by atoms with Crippen LogP contribution < -0.4 is 11.4 Å². The molecule has 0 aliphatic carbocycles. The van der Waals surface area contributed by atoms with E-state index in [0.29, 0.717) is 33.4 Å². The van der Waals surface area contributed by atoms with Crippen LogP contribution in [0.2, 0.25) is 0 Å². The molecule has 0 atom stereocenters. The lowest BCUT2D eigenvalue weighted by Crippen LogP contribution is -2.25. The third-order valence-corrected chi connectivity index (χ3v) is 9.90. The predicted molar refractivity (Wildman–Crippen MR) is 215 cm³/mol. The number of nitrogens with zero attached hydrogens (tertiary/aromatic N) is 6. The number of hydrogen-bond acceptors (Lipinski definition) is 6. The third-order valence-electron chi connectivity index (χ3n) is 9.90. The third kappa shape index (κ3) is 5.31. The number of nitro groups is 2. The van der Waals surface area contributed by atoms with E-state index >= 15 is 0 Å². The van der Waals surface area contributed by atoms with Gasteiger partial charge in [-0.1, -0.05) is 121 Å². The van der Waals surface area contributed by atoms with E-state index in [1.807, 2.05) is 84.9 Å². The van der Waals surface area contributed by atoms with Crippen LogP contribution in [0.15, 0.2) is 179 Å². The highest BCUT2D eigenvalue weighted by atomic mass is 16.6. The van der Waals surface area contributed by atoms with E-state index in [9.17, 15) is 29.8 Å². The van der Waals surface area contributed by atoms with Crippen molar-refractivity contribution in [3.05, 3.63) is 211 Å². The van der Waals surface area contributed by atoms with Crippen LogP contribution in [0.3, 0.4) is 0 Å². The molecular weight excluding hydrogens is 709 g/mol. The van der Waals surface area contributed by atoms with Crippen LogP contribution in [0, 0.1) is 20.2 Å². The monoisotopic (exact) mass is 736 g/mol. The first kappa shape index (κ1) is 33.7. The molecule has 0 fully saturated rings. The fraction of sp³-hybridized carbons (Fsp3) is 0. The first-order valence-electron chi connectivity index (χ1n) is 17.6. The summed E-state index contributed by atoms with van der Waals surface area (Å²) in [7, 11) is 0. The molecule has 0 spiro atoms. The minimum absolute atomic E-state index is 0.249. The maximum absolute atomic E-state index is 14.9. The van der Waals surface area contributed by atoms with Crippen molar-refractivity contribution in [3.63, 3.8) is 0 Å². The fourth-order valence-corrected chi connectivity index (χ4v) is 7.49. The molecule has 12 nitrogen and oxygen atoms in total. The summed E-state index contributed by atoms with van der Waals surface area (Å²) in [6, 6.07) is 49.4. The van der Waals surface area contributed by atoms with Crippen LogP contribution in [0.5, 0.6) is 0 Å². The van der Waals surface area contributed by atoms with E-state index in [1.54, 1.807) is 72.8 Å². The van der Waals surface area contributed by atoms with Gasteiger partial charge in [0.15, 0.2) is 0 Å². The second kappa shape index (κ2) is 13.4. The SMILES string of the molecule is O=c1n(-c2ccccc2-c2ccccc2)c2ccccc2n1-c1cc(-n2c(=O)n(-c3ccccc3-c3ccccc3)c3ccccc32)c([N+](=O)[O-])cc1[N+](=O)[O-]. The highest BCUT2D eigenvalue weighted by Gasteiger charge is 2.32. The van der Waals surface area contributed by atoms with Gasteiger partial charge in [-0.3, -0.25) is 38.5 Å². The Morgan fingerprint density at radius 3 is 1.02 bits per heavy atom. The van der Waals surface area contributed by atoms with Crippen molar-refractivity contribution in [2.75, 3.05) is 0 Å². The lowest BCUT2D eigenvalue weighted by Gasteiger charge is -2.12. The Hall–Kier alpha value is -8.12. The van der Waals surface area contributed by atoms with Crippen molar-refractivity contribution in [1.82, 2.24) is 18.3 Å². The van der Waals surface area contributed by atoms with Crippen LogP contribution in [-0.4, -0.2) is 28.1 Å². The first-order valence-corrected chi connectivity index (χ1v) is 17.6. The topological polar surface area (TPSA) is 140 Å². The molecule has 0 saturated heterocycles. The van der Waals surface area contributed by atoms with Crippen molar-refractivity contribution in [2.24, 2.45) is 0 Å². The second-order valence-corrected chi connectivity index (χ2v) is 13.0. The minimum atomic E-state index is -0.759. The van der Waals surface area contributed by atoms with Crippen molar-refractivity contribution in [1.29, 1.82) is 0 Å². The zero-order chi connectivity index (χ0) is 38.5. The second-order valence-electron chi connectivity index (χ2n) is 13.0. The maximum atomic E-state index is 14.9. The number of hydrogen-bond donors (Lipinski definition) is 0. The van der Waals surface area contributed by atoms with E-state index in [4.69, 9.17) is 0 Å². The number of para-hydroxylation sites is 6. The van der Waals surface area contributed by atoms with Gasteiger partial charge in [0.2, 0.25) is 0 Å². The zero-order valence-electron chi connectivity index (χ0n) is 29.3. The molecule has 2 heterocycles. The van der Waals surface area contributed by atoms with Gasteiger partial charge in [-0.15, -0.1) is 0 Å². The van der Waals surface area contributed by atoms with Gasteiger partial charge >= 0.3 is 11.4 Å². The van der Waals surface area contributed by atoms with Gasteiger partial charge in [-0.25, -0.2) is 9.59 Å². The first-order chi connectivity index (χ1) is 27.3. The molecule has 7 aromatic carbocycles. The Morgan fingerprint density at radius 2 is 0.661 bits per heavy atom. The Balaban J connectivity index is 1.36. The van der Waals surface area contributed by atoms with Gasteiger partial charge in [-0.2, -0.15) is 0 Å². The zero-order valence-corrected chi connectivity index (χ0v) is 29.3. The number of aromatic nitrogens is 4. The average Bonchev–Trinajstić information content (AvgIpc) is 3.70. The van der Waals surface area contributed by atoms with Crippen molar-refractivity contribution < 1.29 is 9.85 Å². The van der Waals surface area contributed by atoms with Gasteiger partial charge in [0.1, 0.15) is 11.4 Å². The van der Waals surface area contributed by atoms with Gasteiger partial charge in [0.25, 0.3) is 11.4 Å². The number of rotatable bonds is 8. The average molecular weight is 737 g/mol. The number of imidazole rings is 2. The lowest BCUT2D eigenvalue weighted by molar-refractivity contribution is -0.393.